The molecular formula is C21H23FN2O2. The van der Waals surface area contributed by atoms with E-state index in [1.807, 2.05) is 23.2 Å². The number of likely N-dealkylation sites (tertiary alicyclic amines) is 1. The highest BCUT2D eigenvalue weighted by Gasteiger charge is 2.42. The van der Waals surface area contributed by atoms with E-state index >= 15 is 0 Å². The molecule has 0 spiro atoms. The van der Waals surface area contributed by atoms with Crippen LogP contribution in [0.3, 0.4) is 0 Å². The number of aromatic nitrogens is 1. The summed E-state index contributed by atoms with van der Waals surface area (Å²) in [6, 6.07) is 9.89. The van der Waals surface area contributed by atoms with Gasteiger partial charge in [-0.3, -0.25) is 9.78 Å². The average Bonchev–Trinajstić information content (AvgIpc) is 3.11. The molecule has 26 heavy (non-hydrogen) atoms. The Hall–Kier alpha value is -2.27. The largest absolute Gasteiger partial charge is 0.373 e. The number of pyridine rings is 1. The second-order valence-electron chi connectivity index (χ2n) is 7.29. The first-order chi connectivity index (χ1) is 12.7. The van der Waals surface area contributed by atoms with Crippen LogP contribution < -0.4 is 0 Å². The van der Waals surface area contributed by atoms with Gasteiger partial charge in [0.05, 0.1) is 12.7 Å². The van der Waals surface area contributed by atoms with Crippen molar-refractivity contribution in [3.8, 4) is 0 Å². The fraction of sp³-hybridized carbons (Fsp3) is 0.429. The predicted octanol–water partition coefficient (Wildman–Crippen LogP) is 3.68. The molecule has 136 valence electrons. The molecule has 1 saturated carbocycles. The summed E-state index contributed by atoms with van der Waals surface area (Å²) in [5, 5.41) is 0. The van der Waals surface area contributed by atoms with Gasteiger partial charge in [-0.2, -0.15) is 0 Å². The molecule has 5 heteroatoms. The van der Waals surface area contributed by atoms with E-state index in [4.69, 9.17) is 4.74 Å². The first kappa shape index (κ1) is 17.2. The van der Waals surface area contributed by atoms with Crippen LogP contribution in [0.4, 0.5) is 4.39 Å². The zero-order valence-corrected chi connectivity index (χ0v) is 14.7. The molecule has 2 aliphatic rings. The van der Waals surface area contributed by atoms with Crippen molar-refractivity contribution in [2.75, 3.05) is 13.1 Å². The van der Waals surface area contributed by atoms with E-state index in [0.29, 0.717) is 30.6 Å². The summed E-state index contributed by atoms with van der Waals surface area (Å²) in [6.45, 7) is 1.99. The van der Waals surface area contributed by atoms with Gasteiger partial charge in [0.15, 0.2) is 0 Å². The van der Waals surface area contributed by atoms with Crippen molar-refractivity contribution in [2.45, 2.75) is 32.0 Å². The Morgan fingerprint density at radius 3 is 2.96 bits per heavy atom. The molecule has 1 unspecified atom stereocenters. The lowest BCUT2D eigenvalue weighted by Crippen LogP contribution is -2.34. The van der Waals surface area contributed by atoms with E-state index in [1.54, 1.807) is 18.3 Å². The smallest absolute Gasteiger partial charge is 0.253 e. The molecule has 4 nitrogen and oxygen atoms in total. The van der Waals surface area contributed by atoms with Crippen molar-refractivity contribution < 1.29 is 13.9 Å². The van der Waals surface area contributed by atoms with Gasteiger partial charge < -0.3 is 9.64 Å². The number of nitrogens with zero attached hydrogens (tertiary/aromatic N) is 2. The van der Waals surface area contributed by atoms with Gasteiger partial charge in [0, 0.05) is 37.0 Å². The molecule has 0 bridgehead atoms. The Balaban J connectivity index is 1.41. The molecule has 1 aliphatic heterocycles. The predicted molar refractivity (Wildman–Crippen MR) is 95.9 cm³/mol. The topological polar surface area (TPSA) is 42.4 Å². The maximum atomic E-state index is 13.4. The van der Waals surface area contributed by atoms with Crippen LogP contribution in [-0.2, 0) is 11.3 Å². The zero-order chi connectivity index (χ0) is 17.9. The van der Waals surface area contributed by atoms with Gasteiger partial charge in [-0.05, 0) is 48.6 Å². The summed E-state index contributed by atoms with van der Waals surface area (Å²) in [4.78, 5) is 18.7. The minimum Gasteiger partial charge on any atom is -0.373 e. The molecule has 1 aromatic carbocycles. The van der Waals surface area contributed by atoms with E-state index in [9.17, 15) is 9.18 Å². The molecule has 2 heterocycles. The number of amides is 1. The zero-order valence-electron chi connectivity index (χ0n) is 14.7. The van der Waals surface area contributed by atoms with Crippen LogP contribution >= 0.6 is 0 Å². The maximum Gasteiger partial charge on any atom is 0.253 e. The van der Waals surface area contributed by atoms with Crippen molar-refractivity contribution in [3.63, 3.8) is 0 Å². The maximum absolute atomic E-state index is 13.4. The Bertz CT molecular complexity index is 768. The molecule has 1 aromatic heterocycles. The van der Waals surface area contributed by atoms with Crippen LogP contribution in [0.2, 0.25) is 0 Å². The minimum absolute atomic E-state index is 0.0788. The van der Waals surface area contributed by atoms with E-state index in [-0.39, 0.29) is 17.8 Å². The van der Waals surface area contributed by atoms with E-state index in [2.05, 4.69) is 4.98 Å². The van der Waals surface area contributed by atoms with Gasteiger partial charge in [-0.25, -0.2) is 4.39 Å². The normalized spacial score (nSPS) is 25.1. The molecule has 1 amide bonds. The molecule has 3 atom stereocenters. The van der Waals surface area contributed by atoms with Crippen LogP contribution in [0.1, 0.15) is 35.2 Å². The van der Waals surface area contributed by atoms with Crippen molar-refractivity contribution in [1.29, 1.82) is 0 Å². The lowest BCUT2D eigenvalue weighted by Gasteiger charge is -2.32. The highest BCUT2D eigenvalue weighted by molar-refractivity contribution is 5.94. The molecule has 2 fully saturated rings. The standard InChI is InChI=1S/C21H23FN2O2/c22-18-7-1-5-16(10-18)21(25)24-12-17-6-2-8-20(19(17)13-24)26-14-15-4-3-9-23-11-15/h1,3-5,7,9-11,17,19-20H,2,6,8,12-14H2/t17-,19+,20?/m1/s1. The molecule has 1 aliphatic carbocycles. The summed E-state index contributed by atoms with van der Waals surface area (Å²) in [5.74, 6) is 0.383. The minimum atomic E-state index is -0.370. The highest BCUT2D eigenvalue weighted by atomic mass is 19.1. The fourth-order valence-corrected chi connectivity index (χ4v) is 4.28. The van der Waals surface area contributed by atoms with Gasteiger partial charge in [-0.1, -0.05) is 18.6 Å². The average molecular weight is 354 g/mol. The SMILES string of the molecule is O=C(c1cccc(F)c1)N1C[C@H]2CCCC(OCc3cccnc3)[C@H]2C1. The Kier molecular flexibility index (Phi) is 4.98. The number of carbonyl (C=O) groups is 1. The number of ether oxygens (including phenoxy) is 1. The number of hydrogen-bond acceptors (Lipinski definition) is 3. The number of hydrogen-bond donors (Lipinski definition) is 0. The van der Waals surface area contributed by atoms with Crippen LogP contribution in [0, 0.1) is 17.7 Å². The van der Waals surface area contributed by atoms with Crippen molar-refractivity contribution in [2.24, 2.45) is 11.8 Å². The number of fused-ring (bicyclic) bond motifs is 1. The Labute approximate surface area is 153 Å². The fourth-order valence-electron chi connectivity index (χ4n) is 4.28. The van der Waals surface area contributed by atoms with E-state index in [1.165, 1.54) is 12.1 Å². The molecular weight excluding hydrogens is 331 g/mol. The van der Waals surface area contributed by atoms with E-state index < -0.39 is 0 Å². The van der Waals surface area contributed by atoms with Crippen LogP contribution in [0.5, 0.6) is 0 Å². The van der Waals surface area contributed by atoms with Crippen molar-refractivity contribution in [3.05, 3.63) is 65.7 Å². The van der Waals surface area contributed by atoms with Gasteiger partial charge >= 0.3 is 0 Å². The third-order valence-corrected chi connectivity index (χ3v) is 5.58. The Morgan fingerprint density at radius 2 is 2.15 bits per heavy atom. The van der Waals surface area contributed by atoms with Gasteiger partial charge in [0.1, 0.15) is 5.82 Å². The van der Waals surface area contributed by atoms with Gasteiger partial charge in [0.25, 0.3) is 5.91 Å². The number of rotatable bonds is 4. The monoisotopic (exact) mass is 354 g/mol. The highest BCUT2D eigenvalue weighted by Crippen LogP contribution is 2.38. The lowest BCUT2D eigenvalue weighted by atomic mass is 9.79. The molecule has 0 radical (unpaired) electrons. The first-order valence-corrected chi connectivity index (χ1v) is 9.26. The van der Waals surface area contributed by atoms with Crippen LogP contribution in [-0.4, -0.2) is 35.0 Å². The third-order valence-electron chi connectivity index (χ3n) is 5.58. The summed E-state index contributed by atoms with van der Waals surface area (Å²) in [7, 11) is 0. The summed E-state index contributed by atoms with van der Waals surface area (Å²) < 4.78 is 19.6. The number of halogens is 1. The summed E-state index contributed by atoms with van der Waals surface area (Å²) >= 11 is 0. The molecule has 2 aromatic rings. The van der Waals surface area contributed by atoms with Crippen molar-refractivity contribution in [1.82, 2.24) is 9.88 Å². The van der Waals surface area contributed by atoms with E-state index in [0.717, 1.165) is 31.4 Å². The molecule has 1 saturated heterocycles. The van der Waals surface area contributed by atoms with Gasteiger partial charge in [-0.15, -0.1) is 0 Å². The Morgan fingerprint density at radius 1 is 1.23 bits per heavy atom. The molecule has 4 rings (SSSR count). The third kappa shape index (κ3) is 3.63. The van der Waals surface area contributed by atoms with Crippen molar-refractivity contribution >= 4 is 5.91 Å². The summed E-state index contributed by atoms with van der Waals surface area (Å²) in [6.07, 6.45) is 7.04. The van der Waals surface area contributed by atoms with Gasteiger partial charge in [0.2, 0.25) is 0 Å². The molecule has 0 N–H and O–H groups in total. The second-order valence-corrected chi connectivity index (χ2v) is 7.29. The van der Waals surface area contributed by atoms with Crippen LogP contribution in [0.25, 0.3) is 0 Å². The quantitative estimate of drug-likeness (QED) is 0.841. The lowest BCUT2D eigenvalue weighted by molar-refractivity contribution is -0.0293. The number of benzene rings is 1. The number of carbonyl (C=O) groups excluding carboxylic acids is 1. The van der Waals surface area contributed by atoms with Crippen LogP contribution in [0.15, 0.2) is 48.8 Å². The summed E-state index contributed by atoms with van der Waals surface area (Å²) in [5.41, 5.74) is 1.50. The first-order valence-electron chi connectivity index (χ1n) is 9.26. The second kappa shape index (κ2) is 7.54.